The molecule has 3 heteroatoms. The molecular formula is C19H15NO2. The minimum Gasteiger partial charge on any atom is -0.478 e. The third-order valence-electron chi connectivity index (χ3n) is 3.55. The first-order valence-electron chi connectivity index (χ1n) is 7.01. The van der Waals surface area contributed by atoms with E-state index >= 15 is 0 Å². The average molecular weight is 289 g/mol. The number of fused-ring (bicyclic) bond motifs is 1. The Labute approximate surface area is 128 Å². The highest BCUT2D eigenvalue weighted by Crippen LogP contribution is 2.24. The van der Waals surface area contributed by atoms with Gasteiger partial charge in [0.15, 0.2) is 0 Å². The molecule has 1 heterocycles. The van der Waals surface area contributed by atoms with Crippen LogP contribution in [0.5, 0.6) is 0 Å². The van der Waals surface area contributed by atoms with Crippen molar-refractivity contribution in [3.05, 3.63) is 72.3 Å². The predicted octanol–water partition coefficient (Wildman–Crippen LogP) is 4.39. The van der Waals surface area contributed by atoms with Gasteiger partial charge in [0, 0.05) is 17.0 Å². The molecule has 3 aromatic rings. The first-order chi connectivity index (χ1) is 10.6. The van der Waals surface area contributed by atoms with Crippen LogP contribution in [0.1, 0.15) is 12.5 Å². The number of hydrogen-bond acceptors (Lipinski definition) is 2. The summed E-state index contributed by atoms with van der Waals surface area (Å²) in [4.78, 5) is 15.5. The van der Waals surface area contributed by atoms with Crippen molar-refractivity contribution in [3.63, 3.8) is 0 Å². The molecule has 3 nitrogen and oxygen atoms in total. The maximum absolute atomic E-state index is 10.8. The van der Waals surface area contributed by atoms with Crippen LogP contribution in [-0.4, -0.2) is 16.1 Å². The van der Waals surface area contributed by atoms with E-state index < -0.39 is 5.97 Å². The fourth-order valence-corrected chi connectivity index (χ4v) is 2.42. The second-order valence-corrected chi connectivity index (χ2v) is 5.14. The van der Waals surface area contributed by atoms with Gasteiger partial charge in [-0.2, -0.15) is 0 Å². The Morgan fingerprint density at radius 2 is 1.86 bits per heavy atom. The summed E-state index contributed by atoms with van der Waals surface area (Å²) in [5.41, 5.74) is 4.40. The van der Waals surface area contributed by atoms with E-state index in [-0.39, 0.29) is 0 Å². The zero-order valence-electron chi connectivity index (χ0n) is 12.2. The van der Waals surface area contributed by atoms with E-state index in [0.29, 0.717) is 0 Å². The molecule has 0 aliphatic heterocycles. The fourth-order valence-electron chi connectivity index (χ4n) is 2.42. The molecule has 3 rings (SSSR count). The van der Waals surface area contributed by atoms with Gasteiger partial charge in [0.05, 0.1) is 11.2 Å². The number of para-hydroxylation sites is 1. The Hall–Kier alpha value is -2.94. The fraction of sp³-hybridized carbons (Fsp3) is 0.0526. The Morgan fingerprint density at radius 3 is 2.68 bits per heavy atom. The summed E-state index contributed by atoms with van der Waals surface area (Å²) >= 11 is 0. The number of carboxylic acid groups (broad SMARTS) is 1. The molecule has 0 aliphatic carbocycles. The van der Waals surface area contributed by atoms with Gasteiger partial charge in [-0.3, -0.25) is 0 Å². The summed E-state index contributed by atoms with van der Waals surface area (Å²) in [6.07, 6.45) is 1.22. The molecule has 0 bridgehead atoms. The van der Waals surface area contributed by atoms with E-state index in [1.165, 1.54) is 6.08 Å². The second kappa shape index (κ2) is 5.82. The van der Waals surface area contributed by atoms with Gasteiger partial charge in [0.25, 0.3) is 0 Å². The Morgan fingerprint density at radius 1 is 1.05 bits per heavy atom. The van der Waals surface area contributed by atoms with Crippen molar-refractivity contribution in [2.75, 3.05) is 0 Å². The van der Waals surface area contributed by atoms with Crippen LogP contribution in [-0.2, 0) is 4.79 Å². The van der Waals surface area contributed by atoms with Gasteiger partial charge in [0.2, 0.25) is 0 Å². The number of allylic oxidation sites excluding steroid dienone is 1. The van der Waals surface area contributed by atoms with E-state index in [2.05, 4.69) is 4.98 Å². The molecule has 2 aromatic carbocycles. The van der Waals surface area contributed by atoms with Gasteiger partial charge in [0.1, 0.15) is 0 Å². The van der Waals surface area contributed by atoms with Gasteiger partial charge in [-0.25, -0.2) is 9.78 Å². The highest BCUT2D eigenvalue weighted by atomic mass is 16.4. The summed E-state index contributed by atoms with van der Waals surface area (Å²) in [6, 6.07) is 19.8. The summed E-state index contributed by atoms with van der Waals surface area (Å²) in [5.74, 6) is -0.938. The number of aromatic nitrogens is 1. The lowest BCUT2D eigenvalue weighted by Gasteiger charge is -2.06. The van der Waals surface area contributed by atoms with Gasteiger partial charge in [-0.1, -0.05) is 42.5 Å². The molecule has 0 aliphatic rings. The van der Waals surface area contributed by atoms with Crippen LogP contribution in [0.15, 0.2) is 66.7 Å². The molecule has 0 amide bonds. The predicted molar refractivity (Wildman–Crippen MR) is 88.5 cm³/mol. The molecule has 0 fully saturated rings. The number of aliphatic carboxylic acids is 1. The van der Waals surface area contributed by atoms with Crippen LogP contribution < -0.4 is 0 Å². The summed E-state index contributed by atoms with van der Waals surface area (Å²) in [5, 5.41) is 9.96. The normalized spacial score (nSPS) is 11.6. The Kier molecular flexibility index (Phi) is 3.71. The van der Waals surface area contributed by atoms with E-state index in [1.807, 2.05) is 60.7 Å². The van der Waals surface area contributed by atoms with Crippen LogP contribution in [0.25, 0.3) is 27.7 Å². The van der Waals surface area contributed by atoms with Gasteiger partial charge in [-0.05, 0) is 36.3 Å². The van der Waals surface area contributed by atoms with Crippen LogP contribution >= 0.6 is 0 Å². The van der Waals surface area contributed by atoms with Crippen molar-refractivity contribution in [2.24, 2.45) is 0 Å². The number of rotatable bonds is 3. The molecule has 0 atom stereocenters. The smallest absolute Gasteiger partial charge is 0.328 e. The number of pyridine rings is 1. The van der Waals surface area contributed by atoms with E-state index in [9.17, 15) is 4.79 Å². The minimum absolute atomic E-state index is 0.718. The summed E-state index contributed by atoms with van der Waals surface area (Å²) in [7, 11) is 0. The summed E-state index contributed by atoms with van der Waals surface area (Å²) < 4.78 is 0. The van der Waals surface area contributed by atoms with Gasteiger partial charge in [-0.15, -0.1) is 0 Å². The molecule has 0 saturated carbocycles. The zero-order valence-corrected chi connectivity index (χ0v) is 12.2. The van der Waals surface area contributed by atoms with Crippen molar-refractivity contribution in [3.8, 4) is 11.3 Å². The van der Waals surface area contributed by atoms with Crippen molar-refractivity contribution in [2.45, 2.75) is 6.92 Å². The molecule has 0 unspecified atom stereocenters. The monoisotopic (exact) mass is 289 g/mol. The van der Waals surface area contributed by atoms with Crippen molar-refractivity contribution in [1.82, 2.24) is 4.98 Å². The maximum atomic E-state index is 10.8. The third kappa shape index (κ3) is 2.88. The van der Waals surface area contributed by atoms with E-state index in [0.717, 1.165) is 33.3 Å². The number of hydrogen-bond donors (Lipinski definition) is 1. The molecule has 0 spiro atoms. The molecule has 1 aromatic heterocycles. The van der Waals surface area contributed by atoms with Crippen LogP contribution in [0.2, 0.25) is 0 Å². The van der Waals surface area contributed by atoms with E-state index in [4.69, 9.17) is 5.11 Å². The number of nitrogens with zero attached hydrogens (tertiary/aromatic N) is 1. The SMILES string of the molecule is C/C(=C\C(=O)O)c1cccc(-c2ccc3ccccc3n2)c1. The highest BCUT2D eigenvalue weighted by molar-refractivity contribution is 5.90. The summed E-state index contributed by atoms with van der Waals surface area (Å²) in [6.45, 7) is 1.79. The quantitative estimate of drug-likeness (QED) is 0.727. The Bertz CT molecular complexity index is 881. The second-order valence-electron chi connectivity index (χ2n) is 5.14. The molecule has 0 radical (unpaired) electrons. The van der Waals surface area contributed by atoms with Gasteiger partial charge < -0.3 is 5.11 Å². The minimum atomic E-state index is -0.938. The first kappa shape index (κ1) is 14.0. The lowest BCUT2D eigenvalue weighted by molar-refractivity contribution is -0.131. The lowest BCUT2D eigenvalue weighted by Crippen LogP contribution is -1.91. The third-order valence-corrected chi connectivity index (χ3v) is 3.55. The van der Waals surface area contributed by atoms with Crippen molar-refractivity contribution in [1.29, 1.82) is 0 Å². The number of carboxylic acids is 1. The zero-order chi connectivity index (χ0) is 15.5. The number of benzene rings is 2. The van der Waals surface area contributed by atoms with E-state index in [1.54, 1.807) is 6.92 Å². The molecule has 1 N–H and O–H groups in total. The molecule has 0 saturated heterocycles. The van der Waals surface area contributed by atoms with Gasteiger partial charge >= 0.3 is 5.97 Å². The highest BCUT2D eigenvalue weighted by Gasteiger charge is 2.04. The van der Waals surface area contributed by atoms with Crippen LogP contribution in [0.3, 0.4) is 0 Å². The molecular weight excluding hydrogens is 274 g/mol. The largest absolute Gasteiger partial charge is 0.478 e. The molecule has 22 heavy (non-hydrogen) atoms. The van der Waals surface area contributed by atoms with Crippen molar-refractivity contribution < 1.29 is 9.90 Å². The average Bonchev–Trinajstić information content (AvgIpc) is 2.54. The lowest BCUT2D eigenvalue weighted by atomic mass is 10.0. The van der Waals surface area contributed by atoms with Crippen LogP contribution in [0.4, 0.5) is 0 Å². The topological polar surface area (TPSA) is 50.2 Å². The van der Waals surface area contributed by atoms with Crippen LogP contribution in [0, 0.1) is 0 Å². The Balaban J connectivity index is 2.05. The van der Waals surface area contributed by atoms with Crippen molar-refractivity contribution >= 4 is 22.4 Å². The standard InChI is InChI=1S/C19H15NO2/c1-13(11-19(21)22)15-6-4-7-16(12-15)18-10-9-14-5-2-3-8-17(14)20-18/h2-12H,1H3,(H,21,22)/b13-11+. The first-order valence-corrected chi connectivity index (χ1v) is 7.01. The maximum Gasteiger partial charge on any atom is 0.328 e. The molecule has 108 valence electrons. The number of carbonyl (C=O) groups is 1.